The van der Waals surface area contributed by atoms with E-state index >= 15 is 0 Å². The van der Waals surface area contributed by atoms with Crippen molar-refractivity contribution in [3.8, 4) is 0 Å². The lowest BCUT2D eigenvalue weighted by molar-refractivity contribution is -0.122. The van der Waals surface area contributed by atoms with Gasteiger partial charge in [0.1, 0.15) is 0 Å². The number of carbonyl (C=O) groups is 2. The standard InChI is InChI=1S/C22H29N3O2/c1-17(2)25(4)22(27)20-12-10-18(11-13-20)14-23-21(26)16-24(3)15-19-8-6-5-7-9-19/h5-13,17H,14-16H2,1-4H3,(H,23,26). The molecule has 0 aliphatic rings. The first-order valence-electron chi connectivity index (χ1n) is 9.22. The zero-order valence-electron chi connectivity index (χ0n) is 16.6. The Bertz CT molecular complexity index is 742. The predicted octanol–water partition coefficient (Wildman–Crippen LogP) is 2.92. The maximum atomic E-state index is 12.3. The Morgan fingerprint density at radius 2 is 1.56 bits per heavy atom. The van der Waals surface area contributed by atoms with Gasteiger partial charge >= 0.3 is 0 Å². The lowest BCUT2D eigenvalue weighted by atomic mass is 10.1. The molecule has 0 aliphatic carbocycles. The summed E-state index contributed by atoms with van der Waals surface area (Å²) in [6.45, 7) is 5.48. The molecule has 0 heterocycles. The molecule has 0 radical (unpaired) electrons. The van der Waals surface area contributed by atoms with Crippen LogP contribution in [0, 0.1) is 0 Å². The van der Waals surface area contributed by atoms with Crippen LogP contribution in [0.15, 0.2) is 54.6 Å². The molecule has 0 saturated carbocycles. The molecule has 27 heavy (non-hydrogen) atoms. The first kappa shape index (κ1) is 20.6. The molecular weight excluding hydrogens is 338 g/mol. The monoisotopic (exact) mass is 367 g/mol. The lowest BCUT2D eigenvalue weighted by Gasteiger charge is -2.21. The third-order valence-electron chi connectivity index (χ3n) is 4.49. The van der Waals surface area contributed by atoms with E-state index in [4.69, 9.17) is 0 Å². The van der Waals surface area contributed by atoms with E-state index in [1.165, 1.54) is 5.56 Å². The second kappa shape index (κ2) is 9.88. The molecule has 2 amide bonds. The zero-order chi connectivity index (χ0) is 19.8. The summed E-state index contributed by atoms with van der Waals surface area (Å²) in [6, 6.07) is 17.6. The van der Waals surface area contributed by atoms with Gasteiger partial charge in [0.25, 0.3) is 5.91 Å². The van der Waals surface area contributed by atoms with Crippen molar-refractivity contribution in [1.29, 1.82) is 0 Å². The second-order valence-corrected chi connectivity index (χ2v) is 7.14. The van der Waals surface area contributed by atoms with Gasteiger partial charge in [-0.2, -0.15) is 0 Å². The molecule has 0 unspecified atom stereocenters. The minimum Gasteiger partial charge on any atom is -0.351 e. The molecule has 0 aliphatic heterocycles. The quantitative estimate of drug-likeness (QED) is 0.780. The Kier molecular flexibility index (Phi) is 7.55. The van der Waals surface area contributed by atoms with Gasteiger partial charge < -0.3 is 10.2 Å². The van der Waals surface area contributed by atoms with Crippen LogP contribution in [-0.4, -0.2) is 48.3 Å². The van der Waals surface area contributed by atoms with E-state index < -0.39 is 0 Å². The van der Waals surface area contributed by atoms with Gasteiger partial charge in [0.15, 0.2) is 0 Å². The third-order valence-corrected chi connectivity index (χ3v) is 4.49. The zero-order valence-corrected chi connectivity index (χ0v) is 16.6. The van der Waals surface area contributed by atoms with Crippen LogP contribution in [0.1, 0.15) is 35.3 Å². The molecule has 2 aromatic rings. The molecule has 5 nitrogen and oxygen atoms in total. The Labute approximate surface area is 162 Å². The van der Waals surface area contributed by atoms with Crippen molar-refractivity contribution in [1.82, 2.24) is 15.1 Å². The van der Waals surface area contributed by atoms with Crippen LogP contribution >= 0.6 is 0 Å². The Morgan fingerprint density at radius 1 is 0.926 bits per heavy atom. The van der Waals surface area contributed by atoms with Gasteiger partial charge in [-0.05, 0) is 44.2 Å². The molecule has 0 spiro atoms. The Balaban J connectivity index is 1.80. The highest BCUT2D eigenvalue weighted by molar-refractivity contribution is 5.94. The van der Waals surface area contributed by atoms with Crippen molar-refractivity contribution >= 4 is 11.8 Å². The molecule has 1 N–H and O–H groups in total. The van der Waals surface area contributed by atoms with Crippen LogP contribution in [0.4, 0.5) is 0 Å². The maximum Gasteiger partial charge on any atom is 0.253 e. The fraction of sp³-hybridized carbons (Fsp3) is 0.364. The van der Waals surface area contributed by atoms with E-state index in [-0.39, 0.29) is 17.9 Å². The average Bonchev–Trinajstić information content (AvgIpc) is 2.66. The summed E-state index contributed by atoms with van der Waals surface area (Å²) in [4.78, 5) is 28.1. The van der Waals surface area contributed by atoms with Crippen molar-refractivity contribution in [2.75, 3.05) is 20.6 Å². The number of hydrogen-bond donors (Lipinski definition) is 1. The molecule has 0 bridgehead atoms. The summed E-state index contributed by atoms with van der Waals surface area (Å²) in [5.41, 5.74) is 2.81. The van der Waals surface area contributed by atoms with E-state index in [2.05, 4.69) is 5.32 Å². The number of hydrogen-bond acceptors (Lipinski definition) is 3. The Morgan fingerprint density at radius 3 is 2.15 bits per heavy atom. The maximum absolute atomic E-state index is 12.3. The number of likely N-dealkylation sites (N-methyl/N-ethyl adjacent to an activating group) is 1. The summed E-state index contributed by atoms with van der Waals surface area (Å²) in [5, 5.41) is 2.93. The number of carbonyl (C=O) groups excluding carboxylic acids is 2. The molecule has 0 atom stereocenters. The Hall–Kier alpha value is -2.66. The summed E-state index contributed by atoms with van der Waals surface area (Å²) in [6.07, 6.45) is 0. The van der Waals surface area contributed by atoms with Crippen molar-refractivity contribution in [2.24, 2.45) is 0 Å². The van der Waals surface area contributed by atoms with Crippen molar-refractivity contribution < 1.29 is 9.59 Å². The number of rotatable bonds is 8. The minimum atomic E-state index is -0.0203. The van der Waals surface area contributed by atoms with Gasteiger partial charge in [0.2, 0.25) is 5.91 Å². The molecule has 2 rings (SSSR count). The summed E-state index contributed by atoms with van der Waals surface area (Å²) in [5.74, 6) is -0.0174. The van der Waals surface area contributed by atoms with Gasteiger partial charge in [0.05, 0.1) is 6.54 Å². The van der Waals surface area contributed by atoms with E-state index in [1.54, 1.807) is 11.9 Å². The van der Waals surface area contributed by atoms with Crippen LogP contribution in [-0.2, 0) is 17.9 Å². The van der Waals surface area contributed by atoms with Crippen LogP contribution in [0.25, 0.3) is 0 Å². The number of amides is 2. The summed E-state index contributed by atoms with van der Waals surface area (Å²) >= 11 is 0. The van der Waals surface area contributed by atoms with Crippen LogP contribution in [0.5, 0.6) is 0 Å². The topological polar surface area (TPSA) is 52.7 Å². The average molecular weight is 367 g/mol. The summed E-state index contributed by atoms with van der Waals surface area (Å²) in [7, 11) is 3.73. The normalized spacial score (nSPS) is 10.9. The highest BCUT2D eigenvalue weighted by Crippen LogP contribution is 2.09. The van der Waals surface area contributed by atoms with Crippen LogP contribution < -0.4 is 5.32 Å². The SMILES string of the molecule is CC(C)N(C)C(=O)c1ccc(CNC(=O)CN(C)Cc2ccccc2)cc1. The molecule has 0 aromatic heterocycles. The van der Waals surface area contributed by atoms with Gasteiger partial charge in [-0.1, -0.05) is 42.5 Å². The minimum absolute atomic E-state index is 0.00289. The van der Waals surface area contributed by atoms with Crippen LogP contribution in [0.2, 0.25) is 0 Å². The molecule has 144 valence electrons. The fourth-order valence-corrected chi connectivity index (χ4v) is 2.66. The highest BCUT2D eigenvalue weighted by atomic mass is 16.2. The smallest absolute Gasteiger partial charge is 0.253 e. The second-order valence-electron chi connectivity index (χ2n) is 7.14. The van der Waals surface area contributed by atoms with Gasteiger partial charge in [-0.3, -0.25) is 14.5 Å². The predicted molar refractivity (Wildman–Crippen MR) is 108 cm³/mol. The van der Waals surface area contributed by atoms with E-state index in [0.717, 1.165) is 12.1 Å². The van der Waals surface area contributed by atoms with E-state index in [0.29, 0.717) is 18.7 Å². The van der Waals surface area contributed by atoms with E-state index in [9.17, 15) is 9.59 Å². The van der Waals surface area contributed by atoms with Crippen molar-refractivity contribution in [3.05, 3.63) is 71.3 Å². The molecule has 2 aromatic carbocycles. The first-order chi connectivity index (χ1) is 12.9. The fourth-order valence-electron chi connectivity index (χ4n) is 2.66. The van der Waals surface area contributed by atoms with Gasteiger partial charge in [-0.15, -0.1) is 0 Å². The van der Waals surface area contributed by atoms with Crippen LogP contribution in [0.3, 0.4) is 0 Å². The summed E-state index contributed by atoms with van der Waals surface area (Å²) < 4.78 is 0. The van der Waals surface area contributed by atoms with E-state index in [1.807, 2.05) is 80.4 Å². The first-order valence-corrected chi connectivity index (χ1v) is 9.22. The van der Waals surface area contributed by atoms with Crippen molar-refractivity contribution in [2.45, 2.75) is 33.0 Å². The van der Waals surface area contributed by atoms with Gasteiger partial charge in [0, 0.05) is 31.7 Å². The largest absolute Gasteiger partial charge is 0.351 e. The lowest BCUT2D eigenvalue weighted by Crippen LogP contribution is -2.34. The molecular formula is C22H29N3O2. The van der Waals surface area contributed by atoms with Gasteiger partial charge in [-0.25, -0.2) is 0 Å². The molecule has 0 fully saturated rings. The number of nitrogens with zero attached hydrogens (tertiary/aromatic N) is 2. The molecule has 5 heteroatoms. The number of benzene rings is 2. The van der Waals surface area contributed by atoms with Crippen molar-refractivity contribution in [3.63, 3.8) is 0 Å². The molecule has 0 saturated heterocycles. The number of nitrogens with one attached hydrogen (secondary N) is 1. The third kappa shape index (κ3) is 6.53. The highest BCUT2D eigenvalue weighted by Gasteiger charge is 2.14.